The third-order valence-corrected chi connectivity index (χ3v) is 6.92. The van der Waals surface area contributed by atoms with E-state index in [0.717, 1.165) is 46.9 Å². The molecule has 2 heterocycles. The molecule has 1 fully saturated rings. The van der Waals surface area contributed by atoms with E-state index < -0.39 is 5.92 Å². The van der Waals surface area contributed by atoms with Gasteiger partial charge >= 0.3 is 0 Å². The average molecular weight is 459 g/mol. The number of amides is 1. The van der Waals surface area contributed by atoms with Gasteiger partial charge in [-0.05, 0) is 36.2 Å². The summed E-state index contributed by atoms with van der Waals surface area (Å²) in [4.78, 5) is 18.3. The highest BCUT2D eigenvalue weighted by molar-refractivity contribution is 5.90. The van der Waals surface area contributed by atoms with Crippen molar-refractivity contribution in [3.63, 3.8) is 0 Å². The maximum atomic E-state index is 14.2. The minimum atomic E-state index is -0.448. The Morgan fingerprint density at radius 2 is 1.68 bits per heavy atom. The second-order valence-electron chi connectivity index (χ2n) is 9.05. The normalized spacial score (nSPS) is 18.5. The number of fused-ring (bicyclic) bond motifs is 2. The van der Waals surface area contributed by atoms with Crippen LogP contribution in [0.25, 0.3) is 0 Å². The molecule has 1 saturated heterocycles. The Hall–Kier alpha value is -3.35. The highest BCUT2D eigenvalue weighted by Gasteiger charge is 2.37. The zero-order valence-corrected chi connectivity index (χ0v) is 19.6. The lowest BCUT2D eigenvalue weighted by molar-refractivity contribution is -0.133. The van der Waals surface area contributed by atoms with E-state index in [1.165, 1.54) is 0 Å². The van der Waals surface area contributed by atoms with E-state index in [0.29, 0.717) is 13.1 Å². The molecule has 5 rings (SSSR count). The summed E-state index contributed by atoms with van der Waals surface area (Å²) in [7, 11) is 3.53. The van der Waals surface area contributed by atoms with Gasteiger partial charge in [0.1, 0.15) is 17.2 Å². The number of likely N-dealkylation sites (N-methyl/N-ethyl adjacent to an activating group) is 1. The van der Waals surface area contributed by atoms with Crippen LogP contribution in [0.1, 0.15) is 35.1 Å². The predicted molar refractivity (Wildman–Crippen MR) is 130 cm³/mol. The van der Waals surface area contributed by atoms with Crippen molar-refractivity contribution in [3.8, 4) is 17.2 Å². The van der Waals surface area contributed by atoms with Crippen LogP contribution in [0, 0.1) is 0 Å². The van der Waals surface area contributed by atoms with Gasteiger partial charge in [-0.2, -0.15) is 0 Å². The van der Waals surface area contributed by atoms with Gasteiger partial charge in [0.05, 0.1) is 25.2 Å². The van der Waals surface area contributed by atoms with Crippen LogP contribution in [0.15, 0.2) is 72.8 Å². The fraction of sp³-hybridized carbons (Fsp3) is 0.321. The molecule has 0 radical (unpaired) electrons. The lowest BCUT2D eigenvalue weighted by Crippen LogP contribution is -2.41. The number of hydrogen-bond acceptors (Lipinski definition) is 5. The Bertz CT molecular complexity index is 1120. The Morgan fingerprint density at radius 3 is 2.24 bits per heavy atom. The number of carbonyl (C=O) groups excluding carboxylic acids is 1. The van der Waals surface area contributed by atoms with E-state index in [1.54, 1.807) is 7.11 Å². The van der Waals surface area contributed by atoms with Crippen molar-refractivity contribution in [2.75, 3.05) is 33.8 Å². The molecular weight excluding hydrogens is 428 g/mol. The highest BCUT2D eigenvalue weighted by atomic mass is 16.5. The summed E-state index contributed by atoms with van der Waals surface area (Å²) in [5, 5.41) is 10.1. The smallest absolute Gasteiger partial charge is 0.235 e. The molecule has 0 saturated carbocycles. The molecule has 1 N–H and O–H groups in total. The monoisotopic (exact) mass is 458 g/mol. The molecule has 0 spiro atoms. The standard InChI is InChI=1S/C28H30N2O4/c1-29(24(18-30-16-15-20(31)17-30)19-11-13-21(33-2)14-12-19)28(32)27-22-7-3-5-9-25(22)34-26-10-6-4-8-23(26)27/h3-14,20,24,27,31H,15-18H2,1-2H3/t20-,24+/m0/s1. The number of ether oxygens (including phenoxy) is 2. The van der Waals surface area contributed by atoms with Crippen LogP contribution in [-0.2, 0) is 4.79 Å². The molecule has 6 heteroatoms. The molecule has 176 valence electrons. The van der Waals surface area contributed by atoms with Crippen LogP contribution in [0.4, 0.5) is 0 Å². The zero-order chi connectivity index (χ0) is 23.7. The first-order valence-electron chi connectivity index (χ1n) is 11.7. The Morgan fingerprint density at radius 1 is 1.06 bits per heavy atom. The van der Waals surface area contributed by atoms with Gasteiger partial charge in [-0.1, -0.05) is 48.5 Å². The quantitative estimate of drug-likeness (QED) is 0.600. The number of hydrogen-bond donors (Lipinski definition) is 1. The van der Waals surface area contributed by atoms with Crippen LogP contribution < -0.4 is 9.47 Å². The number of nitrogens with zero attached hydrogens (tertiary/aromatic N) is 2. The maximum Gasteiger partial charge on any atom is 0.235 e. The largest absolute Gasteiger partial charge is 0.497 e. The fourth-order valence-electron chi connectivity index (χ4n) is 5.03. The van der Waals surface area contributed by atoms with Crippen molar-refractivity contribution >= 4 is 5.91 Å². The third-order valence-electron chi connectivity index (χ3n) is 6.92. The number of likely N-dealkylation sites (tertiary alicyclic amines) is 1. The number of rotatable bonds is 6. The SMILES string of the molecule is COc1ccc([C@@H](CN2CC[C@H](O)C2)N(C)C(=O)C2c3ccccc3Oc3ccccc32)cc1. The molecule has 0 aliphatic carbocycles. The number of methoxy groups -OCH3 is 1. The first-order valence-corrected chi connectivity index (χ1v) is 11.7. The second kappa shape index (κ2) is 9.49. The summed E-state index contributed by atoms with van der Waals surface area (Å²) in [6.45, 7) is 2.09. The first kappa shape index (κ1) is 22.4. The average Bonchev–Trinajstić information content (AvgIpc) is 3.29. The van der Waals surface area contributed by atoms with E-state index in [4.69, 9.17) is 9.47 Å². The van der Waals surface area contributed by atoms with Crippen molar-refractivity contribution in [3.05, 3.63) is 89.5 Å². The molecule has 34 heavy (non-hydrogen) atoms. The number of benzene rings is 3. The Kier molecular flexibility index (Phi) is 6.26. The Balaban J connectivity index is 1.51. The summed E-state index contributed by atoms with van der Waals surface area (Å²) in [6, 6.07) is 23.2. The molecule has 0 aromatic heterocycles. The summed E-state index contributed by atoms with van der Waals surface area (Å²) < 4.78 is 11.4. The van der Waals surface area contributed by atoms with Crippen LogP contribution in [-0.4, -0.2) is 60.7 Å². The Labute approximate surface area is 200 Å². The molecule has 1 amide bonds. The molecule has 2 atom stereocenters. The topological polar surface area (TPSA) is 62.2 Å². The van der Waals surface area contributed by atoms with Crippen LogP contribution in [0.5, 0.6) is 17.2 Å². The van der Waals surface area contributed by atoms with Crippen molar-refractivity contribution in [2.45, 2.75) is 24.5 Å². The lowest BCUT2D eigenvalue weighted by atomic mass is 9.86. The molecule has 2 aliphatic rings. The minimum absolute atomic E-state index is 0.0174. The van der Waals surface area contributed by atoms with Gasteiger partial charge < -0.3 is 19.5 Å². The highest BCUT2D eigenvalue weighted by Crippen LogP contribution is 2.45. The van der Waals surface area contributed by atoms with Gasteiger partial charge in [-0.25, -0.2) is 0 Å². The predicted octanol–water partition coefficient (Wildman–Crippen LogP) is 4.20. The fourth-order valence-corrected chi connectivity index (χ4v) is 5.03. The van der Waals surface area contributed by atoms with Crippen LogP contribution in [0.3, 0.4) is 0 Å². The molecule has 3 aromatic rings. The summed E-state index contributed by atoms with van der Waals surface area (Å²) in [5.41, 5.74) is 2.79. The van der Waals surface area contributed by atoms with Crippen LogP contribution in [0.2, 0.25) is 0 Å². The number of carbonyl (C=O) groups is 1. The van der Waals surface area contributed by atoms with Crippen molar-refractivity contribution in [2.24, 2.45) is 0 Å². The first-order chi connectivity index (χ1) is 16.5. The van der Waals surface area contributed by atoms with E-state index in [2.05, 4.69) is 4.90 Å². The van der Waals surface area contributed by atoms with E-state index in [-0.39, 0.29) is 18.1 Å². The van der Waals surface area contributed by atoms with Crippen molar-refractivity contribution < 1.29 is 19.4 Å². The van der Waals surface area contributed by atoms with Crippen molar-refractivity contribution in [1.82, 2.24) is 9.80 Å². The molecule has 0 bridgehead atoms. The molecule has 3 aromatic carbocycles. The second-order valence-corrected chi connectivity index (χ2v) is 9.05. The summed E-state index contributed by atoms with van der Waals surface area (Å²) in [5.74, 6) is 1.79. The number of β-amino-alcohol motifs (C(OH)–C–C–N with tert-alkyl or cyclic N) is 1. The maximum absolute atomic E-state index is 14.2. The van der Waals surface area contributed by atoms with Gasteiger partial charge in [-0.3, -0.25) is 9.69 Å². The zero-order valence-electron chi connectivity index (χ0n) is 19.6. The van der Waals surface area contributed by atoms with Gasteiger partial charge in [0, 0.05) is 37.8 Å². The van der Waals surface area contributed by atoms with E-state index in [9.17, 15) is 9.90 Å². The van der Waals surface area contributed by atoms with Gasteiger partial charge in [0.25, 0.3) is 0 Å². The van der Waals surface area contributed by atoms with Crippen molar-refractivity contribution in [1.29, 1.82) is 0 Å². The van der Waals surface area contributed by atoms with Gasteiger partial charge in [0.2, 0.25) is 5.91 Å². The van der Waals surface area contributed by atoms with Gasteiger partial charge in [-0.15, -0.1) is 0 Å². The molecule has 0 unspecified atom stereocenters. The minimum Gasteiger partial charge on any atom is -0.497 e. The lowest BCUT2D eigenvalue weighted by Gasteiger charge is -2.36. The molecule has 2 aliphatic heterocycles. The van der Waals surface area contributed by atoms with E-state index in [1.807, 2.05) is 84.7 Å². The molecular formula is C28H30N2O4. The third kappa shape index (κ3) is 4.27. The summed E-state index contributed by atoms with van der Waals surface area (Å²) in [6.07, 6.45) is 0.444. The van der Waals surface area contributed by atoms with Gasteiger partial charge in [0.15, 0.2) is 0 Å². The number of aliphatic hydroxyl groups is 1. The number of aliphatic hydroxyl groups excluding tert-OH is 1. The number of para-hydroxylation sites is 2. The molecule has 6 nitrogen and oxygen atoms in total. The summed E-state index contributed by atoms with van der Waals surface area (Å²) >= 11 is 0. The van der Waals surface area contributed by atoms with E-state index >= 15 is 0 Å². The van der Waals surface area contributed by atoms with Crippen LogP contribution >= 0.6 is 0 Å².